The molecular formula is C15H18ClN3O. The molecule has 0 amide bonds. The molecule has 0 saturated carbocycles. The van der Waals surface area contributed by atoms with E-state index in [0.717, 1.165) is 17.1 Å². The summed E-state index contributed by atoms with van der Waals surface area (Å²) in [4.78, 5) is 8.12. The average molecular weight is 292 g/mol. The number of hydrogen-bond donors (Lipinski definition) is 1. The average Bonchev–Trinajstić information content (AvgIpc) is 2.42. The van der Waals surface area contributed by atoms with Gasteiger partial charge < -0.3 is 10.1 Å². The van der Waals surface area contributed by atoms with Crippen LogP contribution in [0.3, 0.4) is 0 Å². The van der Waals surface area contributed by atoms with Crippen molar-refractivity contribution in [2.75, 3.05) is 11.9 Å². The lowest BCUT2D eigenvalue weighted by Crippen LogP contribution is -2.24. The van der Waals surface area contributed by atoms with E-state index >= 15 is 0 Å². The number of halogens is 1. The standard InChI is InChI=1S/C15H18ClN3O/c1-10-5-4-6-13(7-10)20-8-11(2)19-15-12(3)14(16)17-9-18-15/h4-7,9,11H,8H2,1-3H3,(H,17,18,19). The summed E-state index contributed by atoms with van der Waals surface area (Å²) in [5, 5.41) is 3.74. The maximum absolute atomic E-state index is 5.97. The van der Waals surface area contributed by atoms with Crippen LogP contribution < -0.4 is 10.1 Å². The van der Waals surface area contributed by atoms with Gasteiger partial charge in [0.25, 0.3) is 0 Å². The third-order valence-corrected chi connectivity index (χ3v) is 3.28. The largest absolute Gasteiger partial charge is 0.491 e. The highest BCUT2D eigenvalue weighted by Gasteiger charge is 2.09. The molecule has 0 aliphatic heterocycles. The van der Waals surface area contributed by atoms with Gasteiger partial charge in [-0.25, -0.2) is 9.97 Å². The summed E-state index contributed by atoms with van der Waals surface area (Å²) in [7, 11) is 0. The molecule has 106 valence electrons. The predicted molar refractivity (Wildman–Crippen MR) is 81.5 cm³/mol. The summed E-state index contributed by atoms with van der Waals surface area (Å²) in [6.45, 7) is 6.51. The summed E-state index contributed by atoms with van der Waals surface area (Å²) in [6.07, 6.45) is 1.45. The van der Waals surface area contributed by atoms with E-state index in [1.807, 2.05) is 45.0 Å². The Bertz CT molecular complexity index is 589. The quantitative estimate of drug-likeness (QED) is 0.855. The van der Waals surface area contributed by atoms with E-state index in [1.165, 1.54) is 11.9 Å². The van der Waals surface area contributed by atoms with Crippen LogP contribution in [-0.4, -0.2) is 22.6 Å². The molecule has 1 atom stereocenters. The Hall–Kier alpha value is -1.81. The molecule has 0 aliphatic rings. The Morgan fingerprint density at radius 2 is 2.10 bits per heavy atom. The minimum absolute atomic E-state index is 0.111. The van der Waals surface area contributed by atoms with Gasteiger partial charge in [0.15, 0.2) is 0 Å². The van der Waals surface area contributed by atoms with Crippen molar-refractivity contribution in [3.05, 3.63) is 46.9 Å². The van der Waals surface area contributed by atoms with E-state index < -0.39 is 0 Å². The molecule has 0 aliphatic carbocycles. The molecule has 1 aromatic heterocycles. The van der Waals surface area contributed by atoms with Crippen molar-refractivity contribution in [3.8, 4) is 5.75 Å². The van der Waals surface area contributed by atoms with Gasteiger partial charge in [0.05, 0.1) is 6.04 Å². The first-order valence-electron chi connectivity index (χ1n) is 6.49. The van der Waals surface area contributed by atoms with E-state index in [2.05, 4.69) is 15.3 Å². The number of benzene rings is 1. The van der Waals surface area contributed by atoms with Crippen molar-refractivity contribution in [1.29, 1.82) is 0 Å². The summed E-state index contributed by atoms with van der Waals surface area (Å²) < 4.78 is 5.75. The first-order chi connectivity index (χ1) is 9.56. The topological polar surface area (TPSA) is 47.0 Å². The van der Waals surface area contributed by atoms with E-state index in [9.17, 15) is 0 Å². The number of nitrogens with one attached hydrogen (secondary N) is 1. The van der Waals surface area contributed by atoms with Crippen molar-refractivity contribution in [1.82, 2.24) is 9.97 Å². The molecule has 2 rings (SSSR count). The normalized spacial score (nSPS) is 12.0. The lowest BCUT2D eigenvalue weighted by atomic mass is 10.2. The molecule has 1 heterocycles. The SMILES string of the molecule is Cc1cccc(OCC(C)Nc2ncnc(Cl)c2C)c1. The smallest absolute Gasteiger partial charge is 0.137 e. The van der Waals surface area contributed by atoms with Crippen LogP contribution in [0.1, 0.15) is 18.1 Å². The highest BCUT2D eigenvalue weighted by molar-refractivity contribution is 6.30. The van der Waals surface area contributed by atoms with Gasteiger partial charge in [-0.05, 0) is 38.5 Å². The number of aryl methyl sites for hydroxylation is 1. The molecule has 0 bridgehead atoms. The lowest BCUT2D eigenvalue weighted by molar-refractivity contribution is 0.303. The molecule has 4 nitrogen and oxygen atoms in total. The molecule has 1 aromatic carbocycles. The lowest BCUT2D eigenvalue weighted by Gasteiger charge is -2.17. The van der Waals surface area contributed by atoms with Crippen molar-refractivity contribution in [2.24, 2.45) is 0 Å². The number of nitrogens with zero attached hydrogens (tertiary/aromatic N) is 2. The van der Waals surface area contributed by atoms with E-state index in [4.69, 9.17) is 16.3 Å². The summed E-state index contributed by atoms with van der Waals surface area (Å²) in [5.41, 5.74) is 2.03. The maximum atomic E-state index is 5.97. The number of anilines is 1. The number of hydrogen-bond acceptors (Lipinski definition) is 4. The molecule has 0 fully saturated rings. The van der Waals surface area contributed by atoms with E-state index in [1.54, 1.807) is 0 Å². The summed E-state index contributed by atoms with van der Waals surface area (Å²) >= 11 is 5.97. The zero-order valence-corrected chi connectivity index (χ0v) is 12.6. The van der Waals surface area contributed by atoms with E-state index in [0.29, 0.717) is 11.8 Å². The zero-order valence-electron chi connectivity index (χ0n) is 11.9. The minimum Gasteiger partial charge on any atom is -0.491 e. The van der Waals surface area contributed by atoms with E-state index in [-0.39, 0.29) is 6.04 Å². The van der Waals surface area contributed by atoms with Crippen molar-refractivity contribution in [3.63, 3.8) is 0 Å². The highest BCUT2D eigenvalue weighted by Crippen LogP contribution is 2.19. The fraction of sp³-hybridized carbons (Fsp3) is 0.333. The van der Waals surface area contributed by atoms with Gasteiger partial charge in [-0.1, -0.05) is 23.7 Å². The van der Waals surface area contributed by atoms with Crippen molar-refractivity contribution in [2.45, 2.75) is 26.8 Å². The Kier molecular flexibility index (Phi) is 4.79. The van der Waals surface area contributed by atoms with Crippen LogP contribution in [0.2, 0.25) is 5.15 Å². The second kappa shape index (κ2) is 6.57. The Labute approximate surface area is 124 Å². The monoisotopic (exact) mass is 291 g/mol. The fourth-order valence-corrected chi connectivity index (χ4v) is 1.91. The maximum Gasteiger partial charge on any atom is 0.137 e. The fourth-order valence-electron chi connectivity index (χ4n) is 1.78. The summed E-state index contributed by atoms with van der Waals surface area (Å²) in [5.74, 6) is 1.61. The predicted octanol–water partition coefficient (Wildman–Crippen LogP) is 3.63. The molecule has 0 spiro atoms. The number of rotatable bonds is 5. The second-order valence-corrected chi connectivity index (χ2v) is 5.17. The van der Waals surface area contributed by atoms with Crippen LogP contribution in [0.15, 0.2) is 30.6 Å². The molecule has 20 heavy (non-hydrogen) atoms. The van der Waals surface area contributed by atoms with Crippen LogP contribution >= 0.6 is 11.6 Å². The molecular weight excluding hydrogens is 274 g/mol. The Morgan fingerprint density at radius 1 is 1.30 bits per heavy atom. The first-order valence-corrected chi connectivity index (χ1v) is 6.87. The van der Waals surface area contributed by atoms with Crippen LogP contribution in [0.4, 0.5) is 5.82 Å². The van der Waals surface area contributed by atoms with Crippen LogP contribution in [0.25, 0.3) is 0 Å². The van der Waals surface area contributed by atoms with Gasteiger partial charge in [0.2, 0.25) is 0 Å². The molecule has 0 radical (unpaired) electrons. The first kappa shape index (κ1) is 14.6. The van der Waals surface area contributed by atoms with Gasteiger partial charge >= 0.3 is 0 Å². The van der Waals surface area contributed by atoms with Crippen LogP contribution in [0, 0.1) is 13.8 Å². The van der Waals surface area contributed by atoms with Gasteiger partial charge in [0.1, 0.15) is 29.7 Å². The Morgan fingerprint density at radius 3 is 2.85 bits per heavy atom. The molecule has 2 aromatic rings. The Balaban J connectivity index is 1.92. The van der Waals surface area contributed by atoms with Gasteiger partial charge in [-0.2, -0.15) is 0 Å². The number of ether oxygens (including phenoxy) is 1. The molecule has 1 unspecified atom stereocenters. The molecule has 5 heteroatoms. The van der Waals surface area contributed by atoms with Crippen LogP contribution in [-0.2, 0) is 0 Å². The highest BCUT2D eigenvalue weighted by atomic mass is 35.5. The van der Waals surface area contributed by atoms with Crippen molar-refractivity contribution < 1.29 is 4.74 Å². The molecule has 1 N–H and O–H groups in total. The summed E-state index contributed by atoms with van der Waals surface area (Å²) in [6, 6.07) is 8.10. The zero-order chi connectivity index (χ0) is 14.5. The van der Waals surface area contributed by atoms with Gasteiger partial charge in [-0.3, -0.25) is 0 Å². The van der Waals surface area contributed by atoms with Gasteiger partial charge in [0, 0.05) is 5.56 Å². The minimum atomic E-state index is 0.111. The van der Waals surface area contributed by atoms with Crippen LogP contribution in [0.5, 0.6) is 5.75 Å². The third-order valence-electron chi connectivity index (χ3n) is 2.90. The number of aromatic nitrogens is 2. The third kappa shape index (κ3) is 3.84. The van der Waals surface area contributed by atoms with Crippen molar-refractivity contribution >= 4 is 17.4 Å². The van der Waals surface area contributed by atoms with Gasteiger partial charge in [-0.15, -0.1) is 0 Å². The second-order valence-electron chi connectivity index (χ2n) is 4.81. The molecule has 0 saturated heterocycles.